The van der Waals surface area contributed by atoms with Gasteiger partial charge in [-0.25, -0.2) is 4.98 Å². The lowest BCUT2D eigenvalue weighted by Gasteiger charge is -2.35. The van der Waals surface area contributed by atoms with E-state index in [0.29, 0.717) is 5.69 Å². The van der Waals surface area contributed by atoms with Gasteiger partial charge in [-0.2, -0.15) is 0 Å². The highest BCUT2D eigenvalue weighted by molar-refractivity contribution is 7.80. The first kappa shape index (κ1) is 13.1. The molecule has 0 fully saturated rings. The van der Waals surface area contributed by atoms with Crippen LogP contribution in [0.4, 0.5) is 5.69 Å². The van der Waals surface area contributed by atoms with Crippen LogP contribution in [0.3, 0.4) is 0 Å². The molecular formula is C11H18N2OSSi. The molecule has 0 bridgehead atoms. The Morgan fingerprint density at radius 1 is 1.44 bits per heavy atom. The van der Waals surface area contributed by atoms with Crippen LogP contribution in [0, 0.1) is 0 Å². The fourth-order valence-corrected chi connectivity index (χ4v) is 3.69. The molecule has 1 heterocycles. The van der Waals surface area contributed by atoms with Gasteiger partial charge >= 0.3 is 0 Å². The molecule has 5 heteroatoms. The zero-order valence-electron chi connectivity index (χ0n) is 10.2. The van der Waals surface area contributed by atoms with E-state index in [2.05, 4.69) is 48.3 Å². The molecule has 0 spiro atoms. The maximum atomic E-state index is 9.13. The fourth-order valence-electron chi connectivity index (χ4n) is 1.72. The predicted octanol–water partition coefficient (Wildman–Crippen LogP) is 2.98. The Kier molecular flexibility index (Phi) is 4.04. The van der Waals surface area contributed by atoms with Crippen LogP contribution in [0.15, 0.2) is 18.3 Å². The number of hydrogen-bond donors (Lipinski definition) is 1. The lowest BCUT2D eigenvalue weighted by molar-refractivity contribution is 0.568. The first-order chi connectivity index (χ1) is 7.36. The summed E-state index contributed by atoms with van der Waals surface area (Å²) in [6.07, 6.45) is 1.78. The molecule has 0 unspecified atom stereocenters. The van der Waals surface area contributed by atoms with Gasteiger partial charge in [0, 0.05) is 12.2 Å². The van der Waals surface area contributed by atoms with Gasteiger partial charge in [0.05, 0.1) is 6.20 Å². The summed E-state index contributed by atoms with van der Waals surface area (Å²) < 4.78 is 2.38. The van der Waals surface area contributed by atoms with Gasteiger partial charge in [0.1, 0.15) is 13.9 Å². The van der Waals surface area contributed by atoms with Gasteiger partial charge in [0.25, 0.3) is 0 Å². The Hall–Kier alpha value is -0.943. The minimum Gasteiger partial charge on any atom is -0.497 e. The zero-order chi connectivity index (χ0) is 12.3. The standard InChI is InChI=1S/C11H18N2OSSi/c1-5-13(16(2,3)4)9-6-7-10(11(14)15)12-8-9/h6-8H,5H2,1-4H3,(H,14,15). The Labute approximate surface area is 103 Å². The SMILES string of the molecule is CCN(c1ccc(C(O)=S)nc1)[Si](C)(C)C. The van der Waals surface area contributed by atoms with Crippen molar-refractivity contribution in [3.05, 3.63) is 24.0 Å². The highest BCUT2D eigenvalue weighted by atomic mass is 32.1. The highest BCUT2D eigenvalue weighted by Crippen LogP contribution is 2.20. The average Bonchev–Trinajstić information content (AvgIpc) is 2.17. The Bertz CT molecular complexity index is 373. The second-order valence-corrected chi connectivity index (χ2v) is 9.89. The summed E-state index contributed by atoms with van der Waals surface area (Å²) in [5.74, 6) is 0. The van der Waals surface area contributed by atoms with E-state index in [4.69, 9.17) is 5.11 Å². The number of pyridine rings is 1. The number of thiocarbonyl (C=S) groups is 1. The highest BCUT2D eigenvalue weighted by Gasteiger charge is 2.22. The summed E-state index contributed by atoms with van der Waals surface area (Å²) in [7, 11) is -1.37. The summed E-state index contributed by atoms with van der Waals surface area (Å²) in [6.45, 7) is 9.99. The zero-order valence-corrected chi connectivity index (χ0v) is 12.0. The Balaban J connectivity index is 3.00. The van der Waals surface area contributed by atoms with Gasteiger partial charge in [-0.05, 0) is 31.3 Å². The molecule has 1 aromatic rings. The van der Waals surface area contributed by atoms with E-state index in [9.17, 15) is 0 Å². The molecule has 0 aliphatic rings. The van der Waals surface area contributed by atoms with Crippen molar-refractivity contribution in [2.75, 3.05) is 11.1 Å². The van der Waals surface area contributed by atoms with Crippen molar-refractivity contribution >= 4 is 31.2 Å². The van der Waals surface area contributed by atoms with E-state index in [-0.39, 0.29) is 5.05 Å². The third-order valence-electron chi connectivity index (χ3n) is 2.40. The predicted molar refractivity (Wildman–Crippen MR) is 74.9 cm³/mol. The van der Waals surface area contributed by atoms with Crippen molar-refractivity contribution in [1.82, 2.24) is 4.98 Å². The number of hydrogen-bond acceptors (Lipinski definition) is 3. The molecule has 1 N–H and O–H groups in total. The van der Waals surface area contributed by atoms with Crippen LogP contribution >= 0.6 is 12.2 Å². The smallest absolute Gasteiger partial charge is 0.207 e. The molecule has 0 aromatic carbocycles. The summed E-state index contributed by atoms with van der Waals surface area (Å²) in [5, 5.41) is 8.98. The molecule has 0 aliphatic heterocycles. The Morgan fingerprint density at radius 2 is 2.06 bits per heavy atom. The lowest BCUT2D eigenvalue weighted by atomic mass is 10.3. The molecule has 0 aliphatic carbocycles. The van der Waals surface area contributed by atoms with E-state index in [0.717, 1.165) is 12.2 Å². The topological polar surface area (TPSA) is 36.4 Å². The van der Waals surface area contributed by atoms with Crippen LogP contribution in [0.2, 0.25) is 19.6 Å². The van der Waals surface area contributed by atoms with Crippen LogP contribution in [0.5, 0.6) is 0 Å². The number of anilines is 1. The second-order valence-electron chi connectivity index (χ2n) is 4.62. The molecule has 0 saturated carbocycles. The van der Waals surface area contributed by atoms with Crippen molar-refractivity contribution < 1.29 is 5.11 Å². The van der Waals surface area contributed by atoms with Crippen molar-refractivity contribution in [1.29, 1.82) is 0 Å². The van der Waals surface area contributed by atoms with Gasteiger partial charge in [0.2, 0.25) is 5.05 Å². The molecule has 0 radical (unpaired) electrons. The van der Waals surface area contributed by atoms with Crippen LogP contribution in [-0.2, 0) is 0 Å². The van der Waals surface area contributed by atoms with E-state index in [1.807, 2.05) is 6.07 Å². The fraction of sp³-hybridized carbons (Fsp3) is 0.455. The van der Waals surface area contributed by atoms with Crippen LogP contribution in [-0.4, -0.2) is 29.9 Å². The molecule has 88 valence electrons. The largest absolute Gasteiger partial charge is 0.497 e. The summed E-state index contributed by atoms with van der Waals surface area (Å²) in [5.41, 5.74) is 1.56. The van der Waals surface area contributed by atoms with Gasteiger partial charge in [-0.1, -0.05) is 19.6 Å². The number of aliphatic hydroxyl groups is 1. The van der Waals surface area contributed by atoms with Gasteiger partial charge < -0.3 is 9.67 Å². The maximum absolute atomic E-state index is 9.13. The van der Waals surface area contributed by atoms with Crippen molar-refractivity contribution in [2.45, 2.75) is 26.6 Å². The summed E-state index contributed by atoms with van der Waals surface area (Å²) in [6, 6.07) is 3.73. The van der Waals surface area contributed by atoms with Gasteiger partial charge in [-0.3, -0.25) is 0 Å². The number of aromatic nitrogens is 1. The van der Waals surface area contributed by atoms with Crippen molar-refractivity contribution in [3.63, 3.8) is 0 Å². The van der Waals surface area contributed by atoms with E-state index < -0.39 is 8.24 Å². The van der Waals surface area contributed by atoms with Crippen molar-refractivity contribution in [2.24, 2.45) is 0 Å². The molecule has 1 aromatic heterocycles. The van der Waals surface area contributed by atoms with Crippen LogP contribution in [0.25, 0.3) is 0 Å². The van der Waals surface area contributed by atoms with Crippen LogP contribution < -0.4 is 4.57 Å². The second kappa shape index (κ2) is 4.93. The molecule has 16 heavy (non-hydrogen) atoms. The number of aliphatic hydroxyl groups excluding tert-OH is 1. The van der Waals surface area contributed by atoms with E-state index in [1.165, 1.54) is 0 Å². The minimum atomic E-state index is -1.37. The lowest BCUT2D eigenvalue weighted by Crippen LogP contribution is -2.46. The number of rotatable bonds is 4. The molecule has 3 nitrogen and oxygen atoms in total. The third kappa shape index (κ3) is 3.02. The Morgan fingerprint density at radius 3 is 2.38 bits per heavy atom. The molecule has 0 atom stereocenters. The summed E-state index contributed by atoms with van der Waals surface area (Å²) >= 11 is 4.66. The first-order valence-electron chi connectivity index (χ1n) is 5.33. The van der Waals surface area contributed by atoms with Gasteiger partial charge in [-0.15, -0.1) is 0 Å². The quantitative estimate of drug-likeness (QED) is 0.662. The average molecular weight is 254 g/mol. The normalized spacial score (nSPS) is 11.2. The molecular weight excluding hydrogens is 236 g/mol. The molecule has 1 rings (SSSR count). The first-order valence-corrected chi connectivity index (χ1v) is 9.18. The maximum Gasteiger partial charge on any atom is 0.207 e. The summed E-state index contributed by atoms with van der Waals surface area (Å²) in [4.78, 5) is 4.15. The molecule has 0 saturated heterocycles. The van der Waals surface area contributed by atoms with Crippen molar-refractivity contribution in [3.8, 4) is 0 Å². The van der Waals surface area contributed by atoms with Gasteiger partial charge in [0.15, 0.2) is 0 Å². The van der Waals surface area contributed by atoms with E-state index >= 15 is 0 Å². The monoisotopic (exact) mass is 254 g/mol. The number of nitrogens with zero attached hydrogens (tertiary/aromatic N) is 2. The van der Waals surface area contributed by atoms with Crippen LogP contribution in [0.1, 0.15) is 12.6 Å². The third-order valence-corrected chi connectivity index (χ3v) is 4.81. The van der Waals surface area contributed by atoms with E-state index in [1.54, 1.807) is 12.3 Å². The minimum absolute atomic E-state index is 0.150. The molecule has 0 amide bonds.